The minimum atomic E-state index is 0. The number of ether oxygens (including phenoxy) is 2. The monoisotopic (exact) mass is 450 g/mol. The first kappa shape index (κ1) is 23.0. The molecule has 1 aliphatic carbocycles. The number of hydrogen-bond acceptors (Lipinski definition) is 4. The van der Waals surface area contributed by atoms with Crippen LogP contribution in [-0.4, -0.2) is 19.3 Å². The van der Waals surface area contributed by atoms with Crippen molar-refractivity contribution in [2.45, 2.75) is 6.04 Å². The van der Waals surface area contributed by atoms with Crippen molar-refractivity contribution in [3.05, 3.63) is 91.1 Å². The van der Waals surface area contributed by atoms with Crippen molar-refractivity contribution in [3.63, 3.8) is 0 Å². The smallest absolute Gasteiger partial charge is 0.291 e. The molecule has 29 heavy (non-hydrogen) atoms. The number of quaternary nitrogens is 1. The Bertz CT molecular complexity index is 859. The molecule has 2 unspecified atom stereocenters. The first-order chi connectivity index (χ1) is 13.6. The van der Waals surface area contributed by atoms with Crippen LogP contribution in [0.25, 0.3) is 5.70 Å². The minimum Gasteiger partial charge on any atom is -0.493 e. The summed E-state index contributed by atoms with van der Waals surface area (Å²) in [6.45, 7) is 0. The van der Waals surface area contributed by atoms with Gasteiger partial charge in [-0.2, -0.15) is 17.1 Å². The molecule has 0 saturated heterocycles. The molecule has 0 bridgehead atoms. The van der Waals surface area contributed by atoms with Crippen molar-refractivity contribution >= 4 is 23.0 Å². The molecule has 1 aliphatic heterocycles. The summed E-state index contributed by atoms with van der Waals surface area (Å²) in [6, 6.07) is 14.0. The average molecular weight is 450 g/mol. The van der Waals surface area contributed by atoms with Gasteiger partial charge in [-0.1, -0.05) is 0 Å². The summed E-state index contributed by atoms with van der Waals surface area (Å²) in [5, 5.41) is 1.22. The first-order valence-electron chi connectivity index (χ1n) is 8.90. The van der Waals surface area contributed by atoms with Crippen LogP contribution in [0, 0.1) is 19.3 Å². The topological polar surface area (TPSA) is 61.0 Å². The van der Waals surface area contributed by atoms with Gasteiger partial charge in [-0.25, -0.2) is 36.1 Å². The van der Waals surface area contributed by atoms with Crippen molar-refractivity contribution in [1.29, 1.82) is 0 Å². The summed E-state index contributed by atoms with van der Waals surface area (Å²) in [5.74, 6) is 1.38. The molecule has 2 aromatic carbocycles. The van der Waals surface area contributed by atoms with E-state index in [9.17, 15) is 0 Å². The molecule has 4 rings (SSSR count). The second-order valence-corrected chi connectivity index (χ2v) is 6.65. The predicted octanol–water partition coefficient (Wildman–Crippen LogP) is 2.32. The number of thiocarbonyl (C=S) groups is 1. The number of nitrogens with one attached hydrogen (secondary N) is 2. The predicted molar refractivity (Wildman–Crippen MR) is 115 cm³/mol. The zero-order valence-corrected chi connectivity index (χ0v) is 18.2. The van der Waals surface area contributed by atoms with Gasteiger partial charge in [-0.15, -0.1) is 18.4 Å². The summed E-state index contributed by atoms with van der Waals surface area (Å²) in [6.07, 6.45) is 12.1. The summed E-state index contributed by atoms with van der Waals surface area (Å²) >= 11 is 5.20. The Kier molecular flexibility index (Phi) is 8.73. The Morgan fingerprint density at radius 2 is 2.00 bits per heavy atom. The van der Waals surface area contributed by atoms with E-state index in [4.69, 9.17) is 27.4 Å². The fourth-order valence-electron chi connectivity index (χ4n) is 3.08. The zero-order chi connectivity index (χ0) is 19.9. The van der Waals surface area contributed by atoms with Crippen molar-refractivity contribution in [3.8, 4) is 11.5 Å². The Labute approximate surface area is 188 Å². The molecule has 1 heterocycles. The van der Waals surface area contributed by atoms with E-state index < -0.39 is 0 Å². The van der Waals surface area contributed by atoms with E-state index in [2.05, 4.69) is 23.6 Å². The van der Waals surface area contributed by atoms with Crippen LogP contribution in [-0.2, 0) is 17.1 Å². The molecule has 5 nitrogen and oxygen atoms in total. The molecule has 0 saturated carbocycles. The van der Waals surface area contributed by atoms with Crippen molar-refractivity contribution in [2.75, 3.05) is 14.2 Å². The molecule has 2 aliphatic rings. The molecule has 2 aromatic rings. The summed E-state index contributed by atoms with van der Waals surface area (Å²) in [7, 11) is 3.24. The Balaban J connectivity index is 0.000000437. The van der Waals surface area contributed by atoms with E-state index in [0.717, 1.165) is 21.8 Å². The van der Waals surface area contributed by atoms with Gasteiger partial charge >= 0.3 is 0 Å². The molecule has 4 N–H and O–H groups in total. The maximum Gasteiger partial charge on any atom is 0.291 e. The summed E-state index contributed by atoms with van der Waals surface area (Å²) in [4.78, 5) is 0. The maximum absolute atomic E-state index is 5.89. The van der Waals surface area contributed by atoms with Crippen molar-refractivity contribution in [2.24, 2.45) is 5.73 Å². The minimum absolute atomic E-state index is 0. The Morgan fingerprint density at radius 3 is 2.52 bits per heavy atom. The number of benzene rings is 1. The van der Waals surface area contributed by atoms with Crippen molar-refractivity contribution in [1.82, 2.24) is 5.43 Å². The van der Waals surface area contributed by atoms with E-state index >= 15 is 0 Å². The molecule has 0 fully saturated rings. The normalized spacial score (nSPS) is 19.0. The SMILES string of the molecule is COc1ccc(C2=CC(c3ccc[cH-]3)[NH+](C(N)=S)N2)cc1OC.[CH]1[CH][CH-]C=C1.[Fe]. The van der Waals surface area contributed by atoms with Crippen LogP contribution in [0.5, 0.6) is 11.5 Å². The van der Waals surface area contributed by atoms with Crippen LogP contribution in [0.3, 0.4) is 0 Å². The number of allylic oxidation sites excluding steroid dienone is 2. The van der Waals surface area contributed by atoms with Crippen LogP contribution in [0.1, 0.15) is 17.2 Å². The molecule has 7 heteroatoms. The number of methoxy groups -OCH3 is 2. The quantitative estimate of drug-likeness (QED) is 0.379. The second-order valence-electron chi connectivity index (χ2n) is 6.21. The molecule has 2 atom stereocenters. The van der Waals surface area contributed by atoms with Gasteiger partial charge in [0.2, 0.25) is 0 Å². The third kappa shape index (κ3) is 5.61. The van der Waals surface area contributed by atoms with E-state index in [1.165, 1.54) is 0 Å². The molecule has 0 spiro atoms. The summed E-state index contributed by atoms with van der Waals surface area (Å²) < 4.78 is 10.7. The van der Waals surface area contributed by atoms with Crippen molar-refractivity contribution < 1.29 is 31.6 Å². The molecular formula is C22H24FeN3O2S-. The number of rotatable bonds is 4. The third-order valence-corrected chi connectivity index (χ3v) is 4.70. The second kappa shape index (κ2) is 11.0. The van der Waals surface area contributed by atoms with Gasteiger partial charge in [0.15, 0.2) is 11.5 Å². The van der Waals surface area contributed by atoms with E-state index in [-0.39, 0.29) is 23.1 Å². The van der Waals surface area contributed by atoms with Gasteiger partial charge in [0.05, 0.1) is 19.9 Å². The Morgan fingerprint density at radius 1 is 1.21 bits per heavy atom. The van der Waals surface area contributed by atoms with Crippen LogP contribution < -0.4 is 25.6 Å². The van der Waals surface area contributed by atoms with Crippen LogP contribution in [0.2, 0.25) is 0 Å². The maximum atomic E-state index is 5.89. The molecule has 0 amide bonds. The Hall–Kier alpha value is -2.31. The van der Waals surface area contributed by atoms with Gasteiger partial charge < -0.3 is 15.2 Å². The average Bonchev–Trinajstić information content (AvgIpc) is 3.49. The van der Waals surface area contributed by atoms with Gasteiger partial charge in [0.25, 0.3) is 5.11 Å². The third-order valence-electron chi connectivity index (χ3n) is 4.48. The van der Waals surface area contributed by atoms with E-state index in [1.54, 1.807) is 14.2 Å². The number of hydrogen-bond donors (Lipinski definition) is 3. The summed E-state index contributed by atoms with van der Waals surface area (Å²) in [5.41, 5.74) is 12.4. The first-order valence-corrected chi connectivity index (χ1v) is 9.31. The fourth-order valence-corrected chi connectivity index (χ4v) is 3.26. The molecule has 2 radical (unpaired) electrons. The van der Waals surface area contributed by atoms with E-state index in [1.807, 2.05) is 61.7 Å². The van der Waals surface area contributed by atoms with Crippen LogP contribution in [0.15, 0.2) is 60.7 Å². The molecular weight excluding hydrogens is 426 g/mol. The molecule has 154 valence electrons. The van der Waals surface area contributed by atoms with Gasteiger partial charge in [-0.05, 0) is 18.2 Å². The van der Waals surface area contributed by atoms with E-state index in [0.29, 0.717) is 16.6 Å². The van der Waals surface area contributed by atoms with Gasteiger partial charge in [-0.3, -0.25) is 0 Å². The zero-order valence-electron chi connectivity index (χ0n) is 16.2. The largest absolute Gasteiger partial charge is 0.493 e. The number of nitrogens with two attached hydrogens (primary N) is 1. The fraction of sp³-hybridized carbons (Fsp3) is 0.136. The molecule has 0 aromatic heterocycles. The standard InChI is InChI=1S/C17H18N3O2S.C5H5.Fe/c1-21-15-8-7-12(9-16(15)22-2)13-10-14(11-5-3-4-6-11)20(19-13)17(18)23;1-2-4-5-3-1;/h3-10,14,19H,1-2H3,(H2,18,23);1-5H;/q2*-1;/p+1. The van der Waals surface area contributed by atoms with Gasteiger partial charge in [0, 0.05) is 40.9 Å². The van der Waals surface area contributed by atoms with Crippen LogP contribution >= 0.6 is 12.2 Å². The van der Waals surface area contributed by atoms with Crippen LogP contribution in [0.4, 0.5) is 0 Å². The van der Waals surface area contributed by atoms with Gasteiger partial charge in [0.1, 0.15) is 6.04 Å².